The normalized spacial score (nSPS) is 16.8. The fourth-order valence-corrected chi connectivity index (χ4v) is 4.97. The van der Waals surface area contributed by atoms with E-state index in [-0.39, 0.29) is 10.6 Å². The summed E-state index contributed by atoms with van der Waals surface area (Å²) in [6.45, 7) is 5.78. The van der Waals surface area contributed by atoms with Crippen molar-refractivity contribution in [3.05, 3.63) is 81.2 Å². The van der Waals surface area contributed by atoms with Crippen molar-refractivity contribution < 1.29 is 10.0 Å². The van der Waals surface area contributed by atoms with E-state index in [1.165, 1.54) is 22.2 Å². The summed E-state index contributed by atoms with van der Waals surface area (Å²) in [5.41, 5.74) is 2.14. The van der Waals surface area contributed by atoms with Crippen LogP contribution >= 0.6 is 11.3 Å². The third kappa shape index (κ3) is 5.57. The monoisotopic (exact) mass is 437 g/mol. The molecule has 4 rings (SSSR count). The third-order valence-corrected chi connectivity index (χ3v) is 6.81. The largest absolute Gasteiger partial charge is 0.388 e. The van der Waals surface area contributed by atoms with Crippen LogP contribution in [-0.4, -0.2) is 59.1 Å². The van der Waals surface area contributed by atoms with Crippen LogP contribution in [0.5, 0.6) is 0 Å². The second-order valence-corrected chi connectivity index (χ2v) is 8.80. The minimum Gasteiger partial charge on any atom is -0.388 e. The Balaban J connectivity index is 1.19. The molecule has 0 spiro atoms. The summed E-state index contributed by atoms with van der Waals surface area (Å²) in [5, 5.41) is 24.7. The number of rotatable bonds is 8. The Morgan fingerprint density at radius 2 is 1.77 bits per heavy atom. The highest BCUT2D eigenvalue weighted by atomic mass is 32.1. The highest BCUT2D eigenvalue weighted by Crippen LogP contribution is 2.31. The van der Waals surface area contributed by atoms with Gasteiger partial charge < -0.3 is 10.0 Å². The molecule has 1 saturated heterocycles. The van der Waals surface area contributed by atoms with E-state index in [0.29, 0.717) is 0 Å². The van der Waals surface area contributed by atoms with E-state index in [0.717, 1.165) is 56.8 Å². The lowest BCUT2D eigenvalue weighted by Crippen LogP contribution is -2.46. The van der Waals surface area contributed by atoms with Gasteiger partial charge in [-0.15, -0.1) is 11.3 Å². The van der Waals surface area contributed by atoms with Crippen molar-refractivity contribution in [3.8, 4) is 0 Å². The molecule has 0 amide bonds. The zero-order valence-electron chi connectivity index (χ0n) is 17.4. The smallest absolute Gasteiger partial charge is 0.269 e. The van der Waals surface area contributed by atoms with E-state index in [1.54, 1.807) is 23.5 Å². The average Bonchev–Trinajstić information content (AvgIpc) is 3.23. The van der Waals surface area contributed by atoms with Crippen molar-refractivity contribution in [2.75, 3.05) is 39.3 Å². The molecule has 1 aliphatic heterocycles. The Labute approximate surface area is 186 Å². The maximum Gasteiger partial charge on any atom is 0.269 e. The highest BCUT2D eigenvalue weighted by Gasteiger charge is 2.18. The standard InChI is InChI=1S/C24H27N3O3S/c28-23(22-18-31-24-6-2-1-5-21(22)24)11-13-26-16-14-25(15-17-26)12-3-4-19-7-9-20(10-8-19)27(29)30/h1-10,18,23,28H,11-17H2/b4-3+. The summed E-state index contributed by atoms with van der Waals surface area (Å²) in [6.07, 6.45) is 4.46. The molecular formula is C24H27N3O3S. The first kappa shape index (κ1) is 21.6. The molecule has 31 heavy (non-hydrogen) atoms. The molecule has 7 heteroatoms. The summed E-state index contributed by atoms with van der Waals surface area (Å²) in [5.74, 6) is 0. The van der Waals surface area contributed by atoms with Crippen LogP contribution in [0.2, 0.25) is 0 Å². The number of piperazine rings is 1. The molecular weight excluding hydrogens is 410 g/mol. The first-order valence-electron chi connectivity index (χ1n) is 10.6. The van der Waals surface area contributed by atoms with Crippen molar-refractivity contribution in [1.82, 2.24) is 9.80 Å². The number of fused-ring (bicyclic) bond motifs is 1. The lowest BCUT2D eigenvalue weighted by atomic mass is 10.1. The summed E-state index contributed by atoms with van der Waals surface area (Å²) >= 11 is 1.70. The van der Waals surface area contributed by atoms with Crippen LogP contribution in [0, 0.1) is 10.1 Å². The molecule has 0 radical (unpaired) electrons. The van der Waals surface area contributed by atoms with Gasteiger partial charge in [0.05, 0.1) is 11.0 Å². The number of nitro benzene ring substituents is 1. The molecule has 1 aromatic heterocycles. The van der Waals surface area contributed by atoms with Gasteiger partial charge in [-0.05, 0) is 46.5 Å². The maximum atomic E-state index is 10.7. The number of non-ortho nitro benzene ring substituents is 1. The van der Waals surface area contributed by atoms with Crippen LogP contribution in [-0.2, 0) is 0 Å². The third-order valence-electron chi connectivity index (χ3n) is 5.83. The van der Waals surface area contributed by atoms with Crippen LogP contribution in [0.1, 0.15) is 23.7 Å². The van der Waals surface area contributed by atoms with Gasteiger partial charge in [-0.25, -0.2) is 0 Å². The van der Waals surface area contributed by atoms with Crippen LogP contribution in [0.3, 0.4) is 0 Å². The number of nitrogens with zero attached hydrogens (tertiary/aromatic N) is 3. The zero-order valence-corrected chi connectivity index (χ0v) is 18.2. The van der Waals surface area contributed by atoms with E-state index < -0.39 is 6.10 Å². The topological polar surface area (TPSA) is 69.9 Å². The second-order valence-electron chi connectivity index (χ2n) is 7.88. The molecule has 1 fully saturated rings. The minimum atomic E-state index is -0.418. The fraction of sp³-hybridized carbons (Fsp3) is 0.333. The van der Waals surface area contributed by atoms with Crippen molar-refractivity contribution >= 4 is 33.2 Å². The summed E-state index contributed by atoms with van der Waals surface area (Å²) < 4.78 is 1.23. The first-order chi connectivity index (χ1) is 15.1. The van der Waals surface area contributed by atoms with Gasteiger partial charge in [-0.2, -0.15) is 0 Å². The van der Waals surface area contributed by atoms with Gasteiger partial charge in [0, 0.05) is 56.1 Å². The Hall–Kier alpha value is -2.58. The Kier molecular flexibility index (Phi) is 7.09. The van der Waals surface area contributed by atoms with Gasteiger partial charge in [0.25, 0.3) is 5.69 Å². The zero-order chi connectivity index (χ0) is 21.6. The Morgan fingerprint density at radius 3 is 2.52 bits per heavy atom. The van der Waals surface area contributed by atoms with Gasteiger partial charge >= 0.3 is 0 Å². The van der Waals surface area contributed by atoms with Gasteiger partial charge in [0.2, 0.25) is 0 Å². The van der Waals surface area contributed by atoms with E-state index in [1.807, 2.05) is 18.2 Å². The van der Waals surface area contributed by atoms with Crippen molar-refractivity contribution in [2.24, 2.45) is 0 Å². The molecule has 1 N–H and O–H groups in total. The lowest BCUT2D eigenvalue weighted by Gasteiger charge is -2.34. The van der Waals surface area contributed by atoms with Crippen molar-refractivity contribution in [1.29, 1.82) is 0 Å². The molecule has 2 heterocycles. The number of hydrogen-bond donors (Lipinski definition) is 1. The first-order valence-corrected chi connectivity index (χ1v) is 11.5. The molecule has 3 aromatic rings. The maximum absolute atomic E-state index is 10.7. The molecule has 0 saturated carbocycles. The van der Waals surface area contributed by atoms with E-state index >= 15 is 0 Å². The van der Waals surface area contributed by atoms with E-state index in [9.17, 15) is 15.2 Å². The lowest BCUT2D eigenvalue weighted by molar-refractivity contribution is -0.384. The molecule has 162 valence electrons. The van der Waals surface area contributed by atoms with Crippen LogP contribution in [0.4, 0.5) is 5.69 Å². The molecule has 1 unspecified atom stereocenters. The Morgan fingerprint density at radius 1 is 1.06 bits per heavy atom. The number of benzene rings is 2. The number of thiophene rings is 1. The van der Waals surface area contributed by atoms with Gasteiger partial charge in [0.15, 0.2) is 0 Å². The van der Waals surface area contributed by atoms with Gasteiger partial charge in [0.1, 0.15) is 0 Å². The SMILES string of the molecule is O=[N+]([O-])c1ccc(/C=C/CN2CCN(CCC(O)c3csc4ccccc34)CC2)cc1. The van der Waals surface area contributed by atoms with Crippen molar-refractivity contribution in [3.63, 3.8) is 0 Å². The van der Waals surface area contributed by atoms with Gasteiger partial charge in [-0.3, -0.25) is 15.0 Å². The summed E-state index contributed by atoms with van der Waals surface area (Å²) in [4.78, 5) is 15.2. The summed E-state index contributed by atoms with van der Waals surface area (Å²) in [7, 11) is 0. The highest BCUT2D eigenvalue weighted by molar-refractivity contribution is 7.17. The Bertz CT molecular complexity index is 1040. The molecule has 0 bridgehead atoms. The predicted molar refractivity (Wildman–Crippen MR) is 126 cm³/mol. The van der Waals surface area contributed by atoms with Crippen molar-refractivity contribution in [2.45, 2.75) is 12.5 Å². The van der Waals surface area contributed by atoms with E-state index in [4.69, 9.17) is 0 Å². The molecule has 1 atom stereocenters. The molecule has 0 aliphatic carbocycles. The minimum absolute atomic E-state index is 0.116. The summed E-state index contributed by atoms with van der Waals surface area (Å²) in [6, 6.07) is 14.9. The van der Waals surface area contributed by atoms with Crippen LogP contribution < -0.4 is 0 Å². The molecule has 1 aliphatic rings. The number of aliphatic hydroxyl groups is 1. The fourth-order valence-electron chi connectivity index (χ4n) is 3.96. The van der Waals surface area contributed by atoms with Crippen LogP contribution in [0.15, 0.2) is 60.0 Å². The number of nitro groups is 1. The quantitative estimate of drug-likeness (QED) is 0.413. The number of aliphatic hydroxyl groups excluding tert-OH is 1. The molecule has 2 aromatic carbocycles. The average molecular weight is 438 g/mol. The van der Waals surface area contributed by atoms with E-state index in [2.05, 4.69) is 33.4 Å². The number of hydrogen-bond acceptors (Lipinski definition) is 6. The van der Waals surface area contributed by atoms with Crippen LogP contribution in [0.25, 0.3) is 16.2 Å². The second kappa shape index (κ2) is 10.2. The van der Waals surface area contributed by atoms with Gasteiger partial charge in [-0.1, -0.05) is 30.4 Å². The predicted octanol–water partition coefficient (Wildman–Crippen LogP) is 4.56. The molecule has 6 nitrogen and oxygen atoms in total.